The highest BCUT2D eigenvalue weighted by atomic mass is 35.5. The summed E-state index contributed by atoms with van der Waals surface area (Å²) in [5.41, 5.74) is 0.943. The molecule has 5 nitrogen and oxygen atoms in total. The van der Waals surface area contributed by atoms with E-state index in [2.05, 4.69) is 10.6 Å². The first-order valence-electron chi connectivity index (χ1n) is 6.09. The fraction of sp³-hybridized carbons (Fsp3) is 0.385. The van der Waals surface area contributed by atoms with Crippen molar-refractivity contribution >= 4 is 29.9 Å². The normalized spacial score (nSPS) is 10.6. The fourth-order valence-electron chi connectivity index (χ4n) is 1.68. The van der Waals surface area contributed by atoms with Crippen LogP contribution in [0, 0.1) is 0 Å². The highest BCUT2D eigenvalue weighted by Gasteiger charge is 2.41. The molecule has 0 unspecified atom stereocenters. The summed E-state index contributed by atoms with van der Waals surface area (Å²) in [5, 5.41) is 5.27. The predicted molar refractivity (Wildman–Crippen MR) is 78.8 cm³/mol. The molecule has 0 saturated heterocycles. The van der Waals surface area contributed by atoms with Gasteiger partial charge in [0.15, 0.2) is 0 Å². The highest BCUT2D eigenvalue weighted by molar-refractivity contribution is 5.92. The van der Waals surface area contributed by atoms with E-state index in [-0.39, 0.29) is 31.4 Å². The van der Waals surface area contributed by atoms with Gasteiger partial charge in [-0.25, -0.2) is 0 Å². The Kier molecular flexibility index (Phi) is 7.89. The van der Waals surface area contributed by atoms with Crippen molar-refractivity contribution in [2.75, 3.05) is 26.0 Å². The molecule has 0 aliphatic rings. The third-order valence-corrected chi connectivity index (χ3v) is 2.56. The average molecular weight is 340 g/mol. The molecule has 1 rings (SSSR count). The number of alkyl halides is 3. The molecule has 1 aromatic carbocycles. The average Bonchev–Trinajstić information content (AvgIpc) is 2.37. The van der Waals surface area contributed by atoms with Gasteiger partial charge in [0.05, 0.1) is 6.54 Å². The number of carbonyl (C=O) groups is 2. The van der Waals surface area contributed by atoms with Gasteiger partial charge in [0, 0.05) is 19.3 Å². The van der Waals surface area contributed by atoms with Crippen LogP contribution in [0.2, 0.25) is 0 Å². The van der Waals surface area contributed by atoms with Crippen LogP contribution in [0.15, 0.2) is 24.3 Å². The van der Waals surface area contributed by atoms with Gasteiger partial charge >= 0.3 is 12.1 Å². The van der Waals surface area contributed by atoms with E-state index in [4.69, 9.17) is 0 Å². The van der Waals surface area contributed by atoms with Crippen LogP contribution in [0.1, 0.15) is 5.56 Å². The Hall–Kier alpha value is -1.80. The Morgan fingerprint density at radius 1 is 1.27 bits per heavy atom. The minimum Gasteiger partial charge on any atom is -0.334 e. The summed E-state index contributed by atoms with van der Waals surface area (Å²) in [6.45, 7) is -0.0786. The standard InChI is InChI=1S/C13H16F3N3O2.ClH/c1-17-7-11(20)18-10-5-3-4-9(6-10)8-19(2)12(21)13(14,15)16;/h3-6,17H,7-8H2,1-2H3,(H,18,20);1H. The van der Waals surface area contributed by atoms with Gasteiger partial charge in [-0.2, -0.15) is 13.2 Å². The summed E-state index contributed by atoms with van der Waals surface area (Å²) in [6, 6.07) is 6.31. The van der Waals surface area contributed by atoms with Crippen LogP contribution >= 0.6 is 12.4 Å². The number of hydrogen-bond donors (Lipinski definition) is 2. The monoisotopic (exact) mass is 339 g/mol. The van der Waals surface area contributed by atoms with Crippen LogP contribution < -0.4 is 10.6 Å². The number of halogens is 4. The van der Waals surface area contributed by atoms with Gasteiger partial charge in [-0.1, -0.05) is 12.1 Å². The zero-order valence-electron chi connectivity index (χ0n) is 12.0. The second-order valence-electron chi connectivity index (χ2n) is 4.44. The van der Waals surface area contributed by atoms with E-state index in [1.54, 1.807) is 25.2 Å². The smallest absolute Gasteiger partial charge is 0.334 e. The Bertz CT molecular complexity index is 523. The third kappa shape index (κ3) is 6.31. The number of nitrogens with one attached hydrogen (secondary N) is 2. The fourth-order valence-corrected chi connectivity index (χ4v) is 1.68. The number of anilines is 1. The molecule has 0 heterocycles. The number of amides is 2. The number of likely N-dealkylation sites (N-methyl/N-ethyl adjacent to an activating group) is 1. The van der Waals surface area contributed by atoms with Crippen LogP contribution in [0.4, 0.5) is 18.9 Å². The first kappa shape index (κ1) is 20.2. The molecule has 0 atom stereocenters. The number of rotatable bonds is 5. The topological polar surface area (TPSA) is 61.4 Å². The quantitative estimate of drug-likeness (QED) is 0.859. The number of nitrogens with zero attached hydrogens (tertiary/aromatic N) is 1. The van der Waals surface area contributed by atoms with Crippen LogP contribution in [0.5, 0.6) is 0 Å². The molecule has 9 heteroatoms. The summed E-state index contributed by atoms with van der Waals surface area (Å²) in [4.78, 5) is 23.0. The van der Waals surface area contributed by atoms with E-state index < -0.39 is 12.1 Å². The van der Waals surface area contributed by atoms with Crippen molar-refractivity contribution in [3.05, 3.63) is 29.8 Å². The molecule has 0 radical (unpaired) electrons. The van der Waals surface area contributed by atoms with E-state index in [1.165, 1.54) is 6.07 Å². The lowest BCUT2D eigenvalue weighted by atomic mass is 10.2. The Labute approximate surface area is 132 Å². The van der Waals surface area contributed by atoms with Crippen molar-refractivity contribution in [1.29, 1.82) is 0 Å². The molecule has 0 aromatic heterocycles. The molecule has 2 amide bonds. The Balaban J connectivity index is 0.00000441. The van der Waals surface area contributed by atoms with Crippen LogP contribution in [0.3, 0.4) is 0 Å². The van der Waals surface area contributed by atoms with Crippen molar-refractivity contribution in [3.8, 4) is 0 Å². The summed E-state index contributed by atoms with van der Waals surface area (Å²) in [6.07, 6.45) is -4.90. The van der Waals surface area contributed by atoms with E-state index >= 15 is 0 Å². The minimum atomic E-state index is -4.90. The summed E-state index contributed by atoms with van der Waals surface area (Å²) in [5.74, 6) is -2.18. The van der Waals surface area contributed by atoms with Gasteiger partial charge in [-0.15, -0.1) is 12.4 Å². The lowest BCUT2D eigenvalue weighted by Crippen LogP contribution is -2.37. The van der Waals surface area contributed by atoms with Gasteiger partial charge in [0.2, 0.25) is 5.91 Å². The molecular weight excluding hydrogens is 323 g/mol. The lowest BCUT2D eigenvalue weighted by Gasteiger charge is -2.19. The molecule has 1 aromatic rings. The summed E-state index contributed by atoms with van der Waals surface area (Å²) >= 11 is 0. The SMILES string of the molecule is CNCC(=O)Nc1cccc(CN(C)C(=O)C(F)(F)F)c1.Cl. The zero-order chi connectivity index (χ0) is 16.0. The summed E-state index contributed by atoms with van der Waals surface area (Å²) < 4.78 is 36.8. The van der Waals surface area contributed by atoms with Gasteiger partial charge in [-0.3, -0.25) is 9.59 Å². The van der Waals surface area contributed by atoms with E-state index in [0.29, 0.717) is 16.2 Å². The number of carbonyl (C=O) groups excluding carboxylic acids is 2. The molecule has 0 spiro atoms. The van der Waals surface area contributed by atoms with Crippen LogP contribution in [-0.4, -0.2) is 43.5 Å². The van der Waals surface area contributed by atoms with Gasteiger partial charge in [0.25, 0.3) is 0 Å². The lowest BCUT2D eigenvalue weighted by molar-refractivity contribution is -0.184. The Morgan fingerprint density at radius 3 is 2.45 bits per heavy atom. The summed E-state index contributed by atoms with van der Waals surface area (Å²) in [7, 11) is 2.69. The molecule has 0 fully saturated rings. The third-order valence-electron chi connectivity index (χ3n) is 2.56. The van der Waals surface area contributed by atoms with Gasteiger partial charge < -0.3 is 15.5 Å². The maximum atomic E-state index is 12.3. The van der Waals surface area contributed by atoms with Gasteiger partial charge in [0.1, 0.15) is 0 Å². The molecule has 0 aliphatic heterocycles. The van der Waals surface area contributed by atoms with E-state index in [9.17, 15) is 22.8 Å². The molecule has 0 bridgehead atoms. The molecule has 2 N–H and O–H groups in total. The molecule has 0 aliphatic carbocycles. The van der Waals surface area contributed by atoms with E-state index in [0.717, 1.165) is 7.05 Å². The Morgan fingerprint density at radius 2 is 1.91 bits per heavy atom. The molecule has 124 valence electrons. The van der Waals surface area contributed by atoms with Crippen molar-refractivity contribution in [2.45, 2.75) is 12.7 Å². The van der Waals surface area contributed by atoms with Crippen LogP contribution in [-0.2, 0) is 16.1 Å². The minimum absolute atomic E-state index is 0. The number of benzene rings is 1. The second-order valence-corrected chi connectivity index (χ2v) is 4.44. The van der Waals surface area contributed by atoms with E-state index in [1.807, 2.05) is 0 Å². The predicted octanol–water partition coefficient (Wildman–Crippen LogP) is 1.79. The zero-order valence-corrected chi connectivity index (χ0v) is 12.8. The number of hydrogen-bond acceptors (Lipinski definition) is 3. The van der Waals surface area contributed by atoms with Crippen molar-refractivity contribution in [1.82, 2.24) is 10.2 Å². The highest BCUT2D eigenvalue weighted by Crippen LogP contribution is 2.19. The maximum absolute atomic E-state index is 12.3. The largest absolute Gasteiger partial charge is 0.471 e. The first-order chi connectivity index (χ1) is 9.74. The molecule has 22 heavy (non-hydrogen) atoms. The second kappa shape index (κ2) is 8.60. The van der Waals surface area contributed by atoms with Gasteiger partial charge in [-0.05, 0) is 24.7 Å². The van der Waals surface area contributed by atoms with Crippen molar-refractivity contribution in [3.63, 3.8) is 0 Å². The van der Waals surface area contributed by atoms with Crippen LogP contribution in [0.25, 0.3) is 0 Å². The van der Waals surface area contributed by atoms with Crippen molar-refractivity contribution < 1.29 is 22.8 Å². The van der Waals surface area contributed by atoms with Crippen molar-refractivity contribution in [2.24, 2.45) is 0 Å². The maximum Gasteiger partial charge on any atom is 0.471 e. The molecular formula is C13H17ClF3N3O2. The molecule has 0 saturated carbocycles. The first-order valence-corrected chi connectivity index (χ1v) is 6.09.